The van der Waals surface area contributed by atoms with Crippen molar-refractivity contribution in [1.82, 2.24) is 4.90 Å². The molecule has 2 saturated heterocycles. The summed E-state index contributed by atoms with van der Waals surface area (Å²) in [6.45, 7) is 10.1. The maximum atomic E-state index is 6.75. The largest absolute Gasteiger partial charge is 0.379 e. The summed E-state index contributed by atoms with van der Waals surface area (Å²) in [6.07, 6.45) is 41.1. The van der Waals surface area contributed by atoms with Gasteiger partial charge in [-0.05, 0) is 64.2 Å². The van der Waals surface area contributed by atoms with E-state index < -0.39 is 0 Å². The Morgan fingerprint density at radius 3 is 1.48 bits per heavy atom. The first kappa shape index (κ1) is 37.5. The predicted molar refractivity (Wildman–Crippen MR) is 181 cm³/mol. The summed E-state index contributed by atoms with van der Waals surface area (Å²) in [7, 11) is 0. The van der Waals surface area contributed by atoms with Crippen molar-refractivity contribution in [3.8, 4) is 0 Å². The smallest absolute Gasteiger partial charge is 0.168 e. The lowest BCUT2D eigenvalue weighted by Gasteiger charge is -2.31. The fourth-order valence-electron chi connectivity index (χ4n) is 6.39. The van der Waals surface area contributed by atoms with Gasteiger partial charge in [-0.2, -0.15) is 0 Å². The molecule has 1 unspecified atom stereocenters. The molecule has 0 aromatic carbocycles. The van der Waals surface area contributed by atoms with Gasteiger partial charge in [-0.3, -0.25) is 4.90 Å². The van der Waals surface area contributed by atoms with Crippen LogP contribution in [0.2, 0.25) is 0 Å². The first-order chi connectivity index (χ1) is 20.8. The third kappa shape index (κ3) is 19.6. The molecule has 2 rings (SSSR count). The van der Waals surface area contributed by atoms with Gasteiger partial charge >= 0.3 is 0 Å². The number of unbranched alkanes of at least 4 members (excludes halogenated alkanes) is 18. The van der Waals surface area contributed by atoms with Gasteiger partial charge in [-0.15, -0.1) is 0 Å². The summed E-state index contributed by atoms with van der Waals surface area (Å²) in [5.74, 6) is -0.331. The standard InChI is InChI=1S/C38H71NO3/c1-3-5-7-9-11-13-15-17-19-21-23-25-27-29-38(41-36-37(42-38)35-39-31-33-40-34-32-39)30-28-26-24-22-20-18-16-14-12-10-8-6-4-2/h11-14,37H,3-10,15-36H2,1-2H3/b13-11-,14-12-. The van der Waals surface area contributed by atoms with Crippen molar-refractivity contribution in [2.75, 3.05) is 39.5 Å². The quantitative estimate of drug-likeness (QED) is 0.0671. The average molecular weight is 590 g/mol. The van der Waals surface area contributed by atoms with Crippen LogP contribution in [0, 0.1) is 0 Å². The van der Waals surface area contributed by atoms with Crippen LogP contribution < -0.4 is 0 Å². The summed E-state index contributed by atoms with van der Waals surface area (Å²) >= 11 is 0. The van der Waals surface area contributed by atoms with Crippen molar-refractivity contribution < 1.29 is 14.2 Å². The van der Waals surface area contributed by atoms with Crippen LogP contribution in [0.15, 0.2) is 24.3 Å². The molecule has 2 heterocycles. The molecule has 1 atom stereocenters. The third-order valence-electron chi connectivity index (χ3n) is 9.12. The van der Waals surface area contributed by atoms with E-state index in [1.165, 1.54) is 141 Å². The molecule has 2 fully saturated rings. The summed E-state index contributed by atoms with van der Waals surface area (Å²) in [4.78, 5) is 2.49. The Kier molecular flexibility index (Phi) is 23.8. The normalized spacial score (nSPS) is 19.5. The van der Waals surface area contributed by atoms with Crippen molar-refractivity contribution >= 4 is 0 Å². The first-order valence-corrected chi connectivity index (χ1v) is 18.7. The zero-order valence-electron chi connectivity index (χ0n) is 28.3. The van der Waals surface area contributed by atoms with Crippen LogP contribution >= 0.6 is 0 Å². The lowest BCUT2D eigenvalue weighted by atomic mass is 9.98. The molecule has 0 radical (unpaired) electrons. The van der Waals surface area contributed by atoms with E-state index in [-0.39, 0.29) is 11.9 Å². The van der Waals surface area contributed by atoms with E-state index in [1.54, 1.807) is 0 Å². The number of morpholine rings is 1. The molecular weight excluding hydrogens is 518 g/mol. The van der Waals surface area contributed by atoms with Crippen LogP contribution in [0.4, 0.5) is 0 Å². The SMILES string of the molecule is CCCCC/C=C\CCCCCCCCC1(CCCCCCCC/C=C\CCCCC)OCC(CN2CCOCC2)O1. The van der Waals surface area contributed by atoms with Gasteiger partial charge in [0.1, 0.15) is 0 Å². The fraction of sp³-hybridized carbons (Fsp3) is 0.895. The molecule has 0 aromatic heterocycles. The third-order valence-corrected chi connectivity index (χ3v) is 9.12. The van der Waals surface area contributed by atoms with Crippen LogP contribution in [0.3, 0.4) is 0 Å². The first-order valence-electron chi connectivity index (χ1n) is 18.7. The Labute approximate surface area is 262 Å². The summed E-state index contributed by atoms with van der Waals surface area (Å²) < 4.78 is 18.8. The highest BCUT2D eigenvalue weighted by Crippen LogP contribution is 2.35. The van der Waals surface area contributed by atoms with Gasteiger partial charge in [0, 0.05) is 32.5 Å². The highest BCUT2D eigenvalue weighted by atomic mass is 16.7. The monoisotopic (exact) mass is 590 g/mol. The lowest BCUT2D eigenvalue weighted by Crippen LogP contribution is -2.42. The number of nitrogens with zero attached hydrogens (tertiary/aromatic N) is 1. The van der Waals surface area contributed by atoms with Crippen molar-refractivity contribution in [1.29, 1.82) is 0 Å². The van der Waals surface area contributed by atoms with Crippen LogP contribution in [-0.4, -0.2) is 56.2 Å². The highest BCUT2D eigenvalue weighted by molar-refractivity contribution is 4.83. The van der Waals surface area contributed by atoms with Gasteiger partial charge in [0.25, 0.3) is 0 Å². The summed E-state index contributed by atoms with van der Waals surface area (Å²) in [5.41, 5.74) is 0. The van der Waals surface area contributed by atoms with E-state index in [4.69, 9.17) is 14.2 Å². The Balaban J connectivity index is 1.59. The van der Waals surface area contributed by atoms with Crippen molar-refractivity contribution in [2.45, 2.75) is 180 Å². The van der Waals surface area contributed by atoms with Gasteiger partial charge < -0.3 is 14.2 Å². The molecule has 2 aliphatic rings. The molecule has 0 spiro atoms. The van der Waals surface area contributed by atoms with Gasteiger partial charge in [0.2, 0.25) is 0 Å². The topological polar surface area (TPSA) is 30.9 Å². The molecule has 4 heteroatoms. The molecule has 0 saturated carbocycles. The number of allylic oxidation sites excluding steroid dienone is 4. The van der Waals surface area contributed by atoms with Gasteiger partial charge in [-0.25, -0.2) is 0 Å². The molecular formula is C38H71NO3. The molecule has 42 heavy (non-hydrogen) atoms. The van der Waals surface area contributed by atoms with Crippen molar-refractivity contribution in [3.05, 3.63) is 24.3 Å². The number of hydrogen-bond acceptors (Lipinski definition) is 4. The minimum Gasteiger partial charge on any atom is -0.379 e. The minimum absolute atomic E-state index is 0.216. The Morgan fingerprint density at radius 1 is 0.571 bits per heavy atom. The van der Waals surface area contributed by atoms with E-state index >= 15 is 0 Å². The molecule has 0 aromatic rings. The molecule has 0 amide bonds. The Bertz CT molecular complexity index is 606. The number of ether oxygens (including phenoxy) is 3. The average Bonchev–Trinajstić information content (AvgIpc) is 3.40. The fourth-order valence-corrected chi connectivity index (χ4v) is 6.39. The Hall–Kier alpha value is -0.680. The highest BCUT2D eigenvalue weighted by Gasteiger charge is 2.41. The number of rotatable bonds is 28. The zero-order chi connectivity index (χ0) is 29.8. The van der Waals surface area contributed by atoms with Crippen molar-refractivity contribution in [2.24, 2.45) is 0 Å². The molecule has 246 valence electrons. The molecule has 2 aliphatic heterocycles. The maximum absolute atomic E-state index is 6.75. The van der Waals surface area contributed by atoms with E-state index in [2.05, 4.69) is 43.1 Å². The van der Waals surface area contributed by atoms with Gasteiger partial charge in [0.05, 0.1) is 25.9 Å². The predicted octanol–water partition coefficient (Wildman–Crippen LogP) is 10.9. The van der Waals surface area contributed by atoms with Gasteiger partial charge in [0.15, 0.2) is 5.79 Å². The number of hydrogen-bond donors (Lipinski definition) is 0. The van der Waals surface area contributed by atoms with Gasteiger partial charge in [-0.1, -0.05) is 115 Å². The van der Waals surface area contributed by atoms with E-state index in [9.17, 15) is 0 Å². The van der Waals surface area contributed by atoms with E-state index in [0.29, 0.717) is 0 Å². The second-order valence-electron chi connectivity index (χ2n) is 13.1. The second kappa shape index (κ2) is 26.7. The summed E-state index contributed by atoms with van der Waals surface area (Å²) in [5, 5.41) is 0. The Morgan fingerprint density at radius 2 is 1.00 bits per heavy atom. The minimum atomic E-state index is -0.331. The molecule has 4 nitrogen and oxygen atoms in total. The lowest BCUT2D eigenvalue weighted by molar-refractivity contribution is -0.181. The van der Waals surface area contributed by atoms with Crippen molar-refractivity contribution in [3.63, 3.8) is 0 Å². The molecule has 0 N–H and O–H groups in total. The van der Waals surface area contributed by atoms with Crippen LogP contribution in [0.1, 0.15) is 168 Å². The van der Waals surface area contributed by atoms with Crippen LogP contribution in [-0.2, 0) is 14.2 Å². The summed E-state index contributed by atoms with van der Waals surface area (Å²) in [6, 6.07) is 0. The van der Waals surface area contributed by atoms with E-state index in [0.717, 1.165) is 52.3 Å². The second-order valence-corrected chi connectivity index (χ2v) is 13.1. The zero-order valence-corrected chi connectivity index (χ0v) is 28.3. The van der Waals surface area contributed by atoms with Crippen LogP contribution in [0.25, 0.3) is 0 Å². The molecule has 0 bridgehead atoms. The van der Waals surface area contributed by atoms with Crippen LogP contribution in [0.5, 0.6) is 0 Å². The maximum Gasteiger partial charge on any atom is 0.168 e. The van der Waals surface area contributed by atoms with E-state index in [1.807, 2.05) is 0 Å². The molecule has 0 aliphatic carbocycles.